The number of hydrogen-bond donors (Lipinski definition) is 2. The Morgan fingerprint density at radius 2 is 1.77 bits per heavy atom. The third kappa shape index (κ3) is 4.87. The summed E-state index contributed by atoms with van der Waals surface area (Å²) < 4.78 is 1.83. The summed E-state index contributed by atoms with van der Waals surface area (Å²) in [6.07, 6.45) is 2.44. The molecule has 1 aliphatic heterocycles. The number of fused-ring (bicyclic) bond motifs is 1. The molecule has 31 heavy (non-hydrogen) atoms. The van der Waals surface area contributed by atoms with Crippen molar-refractivity contribution in [1.29, 1.82) is 0 Å². The smallest absolute Gasteiger partial charge is 0.315 e. The predicted molar refractivity (Wildman–Crippen MR) is 123 cm³/mol. The molecular weight excluding hydrogens is 390 g/mol. The first-order valence-corrected chi connectivity index (χ1v) is 11.0. The minimum Gasteiger partial charge on any atom is -0.352 e. The fourth-order valence-electron chi connectivity index (χ4n) is 4.08. The lowest BCUT2D eigenvalue weighted by molar-refractivity contribution is 0.234. The van der Waals surface area contributed by atoms with E-state index in [1.165, 1.54) is 0 Å². The van der Waals surface area contributed by atoms with Gasteiger partial charge in [-0.3, -0.25) is 4.79 Å². The topological polar surface area (TPSA) is 79.3 Å². The van der Waals surface area contributed by atoms with Gasteiger partial charge in [0.1, 0.15) is 0 Å². The molecule has 7 nitrogen and oxygen atoms in total. The average Bonchev–Trinajstić information content (AvgIpc) is 2.81. The van der Waals surface area contributed by atoms with Crippen LogP contribution in [0.5, 0.6) is 0 Å². The van der Waals surface area contributed by atoms with E-state index in [1.54, 1.807) is 0 Å². The summed E-state index contributed by atoms with van der Waals surface area (Å²) in [5.74, 6) is 0.513. The summed E-state index contributed by atoms with van der Waals surface area (Å²) >= 11 is 0. The van der Waals surface area contributed by atoms with Crippen LogP contribution in [-0.2, 0) is 13.1 Å². The van der Waals surface area contributed by atoms with E-state index in [2.05, 4.69) is 27.4 Å². The fraction of sp³-hybridized carbons (Fsp3) is 0.375. The minimum absolute atomic E-state index is 0.0347. The summed E-state index contributed by atoms with van der Waals surface area (Å²) in [4.78, 5) is 32.1. The van der Waals surface area contributed by atoms with Crippen LogP contribution >= 0.6 is 0 Å². The number of urea groups is 1. The lowest BCUT2D eigenvalue weighted by Crippen LogP contribution is -2.49. The Hall–Kier alpha value is -3.35. The van der Waals surface area contributed by atoms with E-state index in [-0.39, 0.29) is 17.6 Å². The second-order valence-electron chi connectivity index (χ2n) is 7.95. The third-order valence-corrected chi connectivity index (χ3v) is 5.71. The predicted octanol–water partition coefficient (Wildman–Crippen LogP) is 3.27. The number of rotatable bonds is 6. The number of aryl methyl sites for hydroxylation is 1. The Bertz CT molecular complexity index is 1090. The largest absolute Gasteiger partial charge is 0.352 e. The van der Waals surface area contributed by atoms with Gasteiger partial charge in [0.2, 0.25) is 0 Å². The molecule has 4 rings (SSSR count). The van der Waals surface area contributed by atoms with Crippen molar-refractivity contribution in [3.63, 3.8) is 0 Å². The van der Waals surface area contributed by atoms with Crippen LogP contribution in [0.3, 0.4) is 0 Å². The van der Waals surface area contributed by atoms with E-state index < -0.39 is 0 Å². The quantitative estimate of drug-likeness (QED) is 0.643. The van der Waals surface area contributed by atoms with E-state index in [4.69, 9.17) is 0 Å². The Morgan fingerprint density at radius 1 is 1.06 bits per heavy atom. The molecule has 2 heterocycles. The van der Waals surface area contributed by atoms with Crippen molar-refractivity contribution in [2.45, 2.75) is 45.3 Å². The summed E-state index contributed by atoms with van der Waals surface area (Å²) in [6, 6.07) is 17.6. The first-order valence-electron chi connectivity index (χ1n) is 11.0. The molecule has 0 spiro atoms. The highest BCUT2D eigenvalue weighted by atomic mass is 16.2. The number of carbonyl (C=O) groups excluding carboxylic acids is 1. The van der Waals surface area contributed by atoms with Gasteiger partial charge in [-0.05, 0) is 37.0 Å². The zero-order valence-electron chi connectivity index (χ0n) is 17.9. The molecule has 1 fully saturated rings. The second kappa shape index (κ2) is 9.64. The maximum absolute atomic E-state index is 13.1. The average molecular weight is 420 g/mol. The van der Waals surface area contributed by atoms with Gasteiger partial charge in [-0.2, -0.15) is 0 Å². The Balaban J connectivity index is 1.38. The molecule has 0 saturated carbocycles. The number of nitrogens with zero attached hydrogens (tertiary/aromatic N) is 3. The highest BCUT2D eigenvalue weighted by Crippen LogP contribution is 2.19. The van der Waals surface area contributed by atoms with Gasteiger partial charge < -0.3 is 20.1 Å². The molecule has 0 radical (unpaired) electrons. The third-order valence-electron chi connectivity index (χ3n) is 5.71. The van der Waals surface area contributed by atoms with Crippen molar-refractivity contribution < 1.29 is 4.79 Å². The van der Waals surface area contributed by atoms with Crippen molar-refractivity contribution in [3.05, 3.63) is 70.5 Å². The number of hydrogen-bond acceptors (Lipinski definition) is 4. The van der Waals surface area contributed by atoms with Crippen LogP contribution in [0.1, 0.15) is 31.7 Å². The van der Waals surface area contributed by atoms with Gasteiger partial charge in [0.25, 0.3) is 5.56 Å². The molecule has 1 saturated heterocycles. The summed E-state index contributed by atoms with van der Waals surface area (Å²) in [5, 5.41) is 5.97. The van der Waals surface area contributed by atoms with Crippen molar-refractivity contribution in [2.75, 3.05) is 18.0 Å². The first kappa shape index (κ1) is 20.9. The molecule has 1 aromatic heterocycles. The number of aromatic nitrogens is 2. The summed E-state index contributed by atoms with van der Waals surface area (Å²) in [5.41, 5.74) is 2.75. The van der Waals surface area contributed by atoms with Crippen molar-refractivity contribution >= 4 is 22.9 Å². The number of piperidine rings is 1. The van der Waals surface area contributed by atoms with Crippen LogP contribution in [0.4, 0.5) is 10.6 Å². The summed E-state index contributed by atoms with van der Waals surface area (Å²) in [6.45, 7) is 4.63. The van der Waals surface area contributed by atoms with Crippen LogP contribution in [0.15, 0.2) is 59.4 Å². The van der Waals surface area contributed by atoms with E-state index in [0.29, 0.717) is 32.0 Å². The lowest BCUT2D eigenvalue weighted by Gasteiger charge is -2.33. The van der Waals surface area contributed by atoms with E-state index in [9.17, 15) is 9.59 Å². The van der Waals surface area contributed by atoms with Crippen molar-refractivity contribution in [2.24, 2.45) is 0 Å². The summed E-state index contributed by atoms with van der Waals surface area (Å²) in [7, 11) is 0. The highest BCUT2D eigenvalue weighted by molar-refractivity contribution is 5.76. The van der Waals surface area contributed by atoms with Gasteiger partial charge in [0, 0.05) is 32.2 Å². The van der Waals surface area contributed by atoms with Crippen molar-refractivity contribution in [3.8, 4) is 0 Å². The highest BCUT2D eigenvalue weighted by Gasteiger charge is 2.24. The molecular formula is C24H29N5O2. The second-order valence-corrected chi connectivity index (χ2v) is 7.95. The van der Waals surface area contributed by atoms with Crippen LogP contribution in [0.2, 0.25) is 0 Å². The Morgan fingerprint density at radius 3 is 2.52 bits per heavy atom. The molecule has 2 amide bonds. The normalized spacial score (nSPS) is 14.5. The number of amides is 2. The van der Waals surface area contributed by atoms with Crippen LogP contribution in [0.25, 0.3) is 11.0 Å². The van der Waals surface area contributed by atoms with Gasteiger partial charge in [-0.1, -0.05) is 49.4 Å². The first-order chi connectivity index (χ1) is 15.2. The van der Waals surface area contributed by atoms with E-state index in [1.807, 2.05) is 59.2 Å². The van der Waals surface area contributed by atoms with Crippen LogP contribution < -0.4 is 21.1 Å². The van der Waals surface area contributed by atoms with E-state index in [0.717, 1.165) is 35.9 Å². The fourth-order valence-corrected chi connectivity index (χ4v) is 4.08. The molecule has 0 atom stereocenters. The molecule has 7 heteroatoms. The molecule has 1 aliphatic rings. The monoisotopic (exact) mass is 419 g/mol. The number of anilines is 1. The molecule has 3 aromatic rings. The standard InChI is InChI=1S/C24H29N5O2/c1-2-14-29-21-11-7-6-10-20(21)27-22(23(29)30)28-15-12-19(13-16-28)26-24(31)25-17-18-8-4-3-5-9-18/h3-11,19H,2,12-17H2,1H3,(H2,25,26,31). The van der Waals surface area contributed by atoms with Gasteiger partial charge in [0.15, 0.2) is 5.82 Å². The molecule has 0 unspecified atom stereocenters. The van der Waals surface area contributed by atoms with Gasteiger partial charge in [0.05, 0.1) is 11.0 Å². The van der Waals surface area contributed by atoms with Crippen molar-refractivity contribution in [1.82, 2.24) is 20.2 Å². The molecule has 2 N–H and O–H groups in total. The zero-order chi connectivity index (χ0) is 21.6. The lowest BCUT2D eigenvalue weighted by atomic mass is 10.1. The van der Waals surface area contributed by atoms with Crippen LogP contribution in [0, 0.1) is 0 Å². The number of benzene rings is 2. The number of carbonyl (C=O) groups is 1. The molecule has 2 aromatic carbocycles. The molecule has 162 valence electrons. The molecule has 0 aliphatic carbocycles. The van der Waals surface area contributed by atoms with E-state index >= 15 is 0 Å². The Labute approximate surface area is 182 Å². The minimum atomic E-state index is -0.156. The Kier molecular flexibility index (Phi) is 6.50. The number of nitrogens with one attached hydrogen (secondary N) is 2. The SMILES string of the molecule is CCCn1c(=O)c(N2CCC(NC(=O)NCc3ccccc3)CC2)nc2ccccc21. The molecule has 0 bridgehead atoms. The number of para-hydroxylation sites is 2. The van der Waals surface area contributed by atoms with Gasteiger partial charge in [-0.15, -0.1) is 0 Å². The van der Waals surface area contributed by atoms with Crippen LogP contribution in [-0.4, -0.2) is 34.7 Å². The zero-order valence-corrected chi connectivity index (χ0v) is 17.9. The van der Waals surface area contributed by atoms with Gasteiger partial charge >= 0.3 is 6.03 Å². The van der Waals surface area contributed by atoms with Gasteiger partial charge in [-0.25, -0.2) is 9.78 Å². The maximum Gasteiger partial charge on any atom is 0.315 e. The maximum atomic E-state index is 13.1.